The van der Waals surface area contributed by atoms with Crippen molar-refractivity contribution < 1.29 is 66.0 Å². The monoisotopic (exact) mass is 224 g/mol. The summed E-state index contributed by atoms with van der Waals surface area (Å²) in [6, 6.07) is 0. The fourth-order valence-electron chi connectivity index (χ4n) is 1.05. The first-order valence-corrected chi connectivity index (χ1v) is 4.41. The van der Waals surface area contributed by atoms with Gasteiger partial charge in [0, 0.05) is 0 Å². The average molecular weight is 224 g/mol. The number of carbonyl (C=O) groups is 1. The SMILES string of the molecule is [CH2-]CC[C-](CC[CH-]CO)C(=O)OC.[K+]. The zero-order valence-electron chi connectivity index (χ0n) is 9.08. The molecule has 0 rings (SSSR count). The molecule has 0 amide bonds. The molecule has 0 saturated heterocycles. The fourth-order valence-corrected chi connectivity index (χ4v) is 1.05. The second-order valence-electron chi connectivity index (χ2n) is 2.71. The molecule has 0 aliphatic rings. The van der Waals surface area contributed by atoms with Crippen molar-refractivity contribution in [3.63, 3.8) is 0 Å². The second-order valence-corrected chi connectivity index (χ2v) is 2.71. The van der Waals surface area contributed by atoms with Gasteiger partial charge in [-0.05, 0) is 0 Å². The van der Waals surface area contributed by atoms with Gasteiger partial charge in [-0.3, -0.25) is 10.7 Å². The predicted molar refractivity (Wildman–Crippen MR) is 50.5 cm³/mol. The van der Waals surface area contributed by atoms with E-state index in [0.29, 0.717) is 25.7 Å². The van der Waals surface area contributed by atoms with E-state index < -0.39 is 0 Å². The minimum atomic E-state index is -0.255. The number of aliphatic hydroxyl groups is 1. The molecule has 0 aromatic heterocycles. The Kier molecular flexibility index (Phi) is 14.9. The van der Waals surface area contributed by atoms with Gasteiger partial charge in [0.05, 0.1) is 7.11 Å². The van der Waals surface area contributed by atoms with Crippen LogP contribution in [0.2, 0.25) is 0 Å². The summed E-state index contributed by atoms with van der Waals surface area (Å²) in [6.45, 7) is 3.74. The van der Waals surface area contributed by atoms with E-state index in [4.69, 9.17) is 5.11 Å². The summed E-state index contributed by atoms with van der Waals surface area (Å²) in [5.74, 6) is 0.497. The van der Waals surface area contributed by atoms with Crippen molar-refractivity contribution in [1.82, 2.24) is 0 Å². The van der Waals surface area contributed by atoms with E-state index in [1.165, 1.54) is 7.11 Å². The molecule has 0 unspecified atom stereocenters. The minimum absolute atomic E-state index is 0. The van der Waals surface area contributed by atoms with E-state index in [2.05, 4.69) is 11.7 Å². The van der Waals surface area contributed by atoms with E-state index in [1.54, 1.807) is 6.42 Å². The Morgan fingerprint density at radius 2 is 2.21 bits per heavy atom. The van der Waals surface area contributed by atoms with Crippen LogP contribution in [0.5, 0.6) is 0 Å². The van der Waals surface area contributed by atoms with Gasteiger partial charge < -0.3 is 23.2 Å². The molecular formula is C10H17KO3-2. The van der Waals surface area contributed by atoms with Crippen molar-refractivity contribution in [3.8, 4) is 0 Å². The van der Waals surface area contributed by atoms with Gasteiger partial charge in [-0.2, -0.15) is 12.8 Å². The summed E-state index contributed by atoms with van der Waals surface area (Å²) >= 11 is 0. The van der Waals surface area contributed by atoms with Gasteiger partial charge >= 0.3 is 51.4 Å². The Hall–Kier alpha value is 0.936. The first-order valence-electron chi connectivity index (χ1n) is 4.41. The fraction of sp³-hybridized carbons (Fsp3) is 0.600. The minimum Gasteiger partial charge on any atom is -0.491 e. The van der Waals surface area contributed by atoms with Crippen LogP contribution in [0.3, 0.4) is 0 Å². The molecule has 0 aliphatic carbocycles. The predicted octanol–water partition coefficient (Wildman–Crippen LogP) is -1.67. The number of methoxy groups -OCH3 is 1. The van der Waals surface area contributed by atoms with Crippen LogP contribution < -0.4 is 51.4 Å². The molecule has 0 spiro atoms. The molecule has 78 valence electrons. The van der Waals surface area contributed by atoms with E-state index in [1.807, 2.05) is 0 Å². The van der Waals surface area contributed by atoms with Crippen molar-refractivity contribution in [2.45, 2.75) is 25.7 Å². The molecule has 1 N–H and O–H groups in total. The van der Waals surface area contributed by atoms with Crippen LogP contribution in [-0.2, 0) is 9.53 Å². The molecule has 4 heteroatoms. The number of aliphatic hydroxyl groups excluding tert-OH is 1. The molecule has 0 bridgehead atoms. The van der Waals surface area contributed by atoms with Gasteiger partial charge in [-0.15, -0.1) is 0 Å². The number of hydrogen-bond acceptors (Lipinski definition) is 3. The summed E-state index contributed by atoms with van der Waals surface area (Å²) in [5, 5.41) is 8.51. The molecule has 0 heterocycles. The number of unbranched alkanes of at least 4 members (excludes halogenated alkanes) is 1. The maximum Gasteiger partial charge on any atom is 1.00 e. The molecule has 0 radical (unpaired) electrons. The molecule has 0 aromatic carbocycles. The summed E-state index contributed by atoms with van der Waals surface area (Å²) in [7, 11) is 1.38. The molecule has 0 saturated carbocycles. The summed E-state index contributed by atoms with van der Waals surface area (Å²) in [6.07, 6.45) is 4.46. The maximum atomic E-state index is 11.1. The van der Waals surface area contributed by atoms with Crippen LogP contribution in [0, 0.1) is 19.3 Å². The van der Waals surface area contributed by atoms with Crippen molar-refractivity contribution in [2.75, 3.05) is 13.7 Å². The van der Waals surface area contributed by atoms with Crippen LogP contribution in [0.4, 0.5) is 0 Å². The molecule has 3 nitrogen and oxygen atoms in total. The Morgan fingerprint density at radius 3 is 2.64 bits per heavy atom. The van der Waals surface area contributed by atoms with Crippen molar-refractivity contribution in [1.29, 1.82) is 0 Å². The number of carbonyl (C=O) groups excluding carboxylic acids is 1. The zero-order valence-corrected chi connectivity index (χ0v) is 12.2. The number of hydrogen-bond donors (Lipinski definition) is 1. The topological polar surface area (TPSA) is 46.5 Å². The average Bonchev–Trinajstić information content (AvgIpc) is 2.16. The van der Waals surface area contributed by atoms with E-state index in [-0.39, 0.29) is 64.0 Å². The smallest absolute Gasteiger partial charge is 0.491 e. The van der Waals surface area contributed by atoms with Gasteiger partial charge in [0.15, 0.2) is 5.97 Å². The third-order valence-corrected chi connectivity index (χ3v) is 1.73. The first kappa shape index (κ1) is 17.3. The van der Waals surface area contributed by atoms with Gasteiger partial charge in [-0.1, -0.05) is 6.61 Å². The number of esters is 1. The van der Waals surface area contributed by atoms with Crippen molar-refractivity contribution in [2.24, 2.45) is 0 Å². The van der Waals surface area contributed by atoms with Gasteiger partial charge in [0.25, 0.3) is 0 Å². The molecular weight excluding hydrogens is 207 g/mol. The maximum absolute atomic E-state index is 11.1. The van der Waals surface area contributed by atoms with Crippen molar-refractivity contribution in [3.05, 3.63) is 19.3 Å². The number of ether oxygens (including phenoxy) is 1. The molecule has 0 aliphatic heterocycles. The van der Waals surface area contributed by atoms with Crippen LogP contribution in [0.25, 0.3) is 0 Å². The van der Waals surface area contributed by atoms with Gasteiger partial charge in [0.2, 0.25) is 0 Å². The number of rotatable bonds is 7. The van der Waals surface area contributed by atoms with Gasteiger partial charge in [-0.25, -0.2) is 12.8 Å². The van der Waals surface area contributed by atoms with Gasteiger partial charge in [0.1, 0.15) is 0 Å². The Labute approximate surface area is 129 Å². The molecule has 0 atom stereocenters. The van der Waals surface area contributed by atoms with Crippen LogP contribution in [0.15, 0.2) is 0 Å². The second kappa shape index (κ2) is 12.0. The van der Waals surface area contributed by atoms with E-state index in [0.717, 1.165) is 5.92 Å². The van der Waals surface area contributed by atoms with Crippen LogP contribution in [-0.4, -0.2) is 24.8 Å². The summed E-state index contributed by atoms with van der Waals surface area (Å²) in [5.41, 5.74) is 0. The van der Waals surface area contributed by atoms with E-state index in [9.17, 15) is 4.79 Å². The Morgan fingerprint density at radius 1 is 1.57 bits per heavy atom. The first-order chi connectivity index (χ1) is 6.26. The summed E-state index contributed by atoms with van der Waals surface area (Å²) in [4.78, 5) is 11.1. The van der Waals surface area contributed by atoms with Crippen molar-refractivity contribution >= 4 is 5.97 Å². The van der Waals surface area contributed by atoms with E-state index >= 15 is 0 Å². The standard InChI is InChI=1S/C10H17O3.K/c1-3-6-9(10(12)13-2)7-4-5-8-11;/h5,11H,1,3-4,6-8H2,2H3;/q-3;+1. The Balaban J connectivity index is 0. The Bertz CT molecular complexity index is 139. The molecule has 0 aromatic rings. The summed E-state index contributed by atoms with van der Waals surface area (Å²) < 4.78 is 4.62. The van der Waals surface area contributed by atoms with Crippen LogP contribution in [0.1, 0.15) is 25.7 Å². The largest absolute Gasteiger partial charge is 1.00 e. The van der Waals surface area contributed by atoms with Crippen LogP contribution >= 0.6 is 0 Å². The quantitative estimate of drug-likeness (QED) is 0.243. The normalized spacial score (nSPS) is 9.07. The molecule has 14 heavy (non-hydrogen) atoms. The third kappa shape index (κ3) is 8.26. The third-order valence-electron chi connectivity index (χ3n) is 1.73. The zero-order chi connectivity index (χ0) is 10.1. The molecule has 0 fully saturated rings.